The largest absolute Gasteiger partial charge is 0.481 e. The average Bonchev–Trinajstić information content (AvgIpc) is 3.01. The Morgan fingerprint density at radius 3 is 2.52 bits per heavy atom. The lowest BCUT2D eigenvalue weighted by Gasteiger charge is -2.58. The molecule has 0 bridgehead atoms. The van der Waals surface area contributed by atoms with Crippen LogP contribution in [-0.4, -0.2) is 28.4 Å². The maximum Gasteiger partial charge on any atom is 0.303 e. The number of aliphatic carboxylic acids is 1. The molecule has 29 heavy (non-hydrogen) atoms. The lowest BCUT2D eigenvalue weighted by Crippen LogP contribution is -2.60. The molecule has 8 atom stereocenters. The van der Waals surface area contributed by atoms with Crippen LogP contribution in [0, 0.1) is 46.3 Å². The highest BCUT2D eigenvalue weighted by Crippen LogP contribution is 2.66. The number of hydrogen-bond acceptors (Lipinski definition) is 4. The van der Waals surface area contributed by atoms with Crippen LogP contribution in [0.25, 0.3) is 0 Å². The zero-order chi connectivity index (χ0) is 21.1. The molecule has 0 radical (unpaired) electrons. The minimum absolute atomic E-state index is 0.0659. The molecular formula is C24H34O5. The Labute approximate surface area is 173 Å². The number of carboxylic acid groups (broad SMARTS) is 1. The van der Waals surface area contributed by atoms with E-state index in [1.54, 1.807) is 0 Å². The molecule has 4 saturated carbocycles. The van der Waals surface area contributed by atoms with E-state index >= 15 is 0 Å². The van der Waals surface area contributed by atoms with Crippen LogP contribution >= 0.6 is 0 Å². The first kappa shape index (κ1) is 20.7. The first-order valence-electron chi connectivity index (χ1n) is 11.4. The van der Waals surface area contributed by atoms with Crippen molar-refractivity contribution >= 4 is 23.3 Å². The van der Waals surface area contributed by atoms with Crippen molar-refractivity contribution < 1.29 is 24.3 Å². The molecule has 0 aromatic rings. The van der Waals surface area contributed by atoms with Crippen molar-refractivity contribution in [2.45, 2.75) is 78.6 Å². The van der Waals surface area contributed by atoms with E-state index < -0.39 is 11.4 Å². The molecule has 0 heterocycles. The third-order valence-corrected chi connectivity index (χ3v) is 9.72. The van der Waals surface area contributed by atoms with E-state index in [-0.39, 0.29) is 64.7 Å². The number of ketones is 3. The SMILES string of the molecule is C[C@H](CCC(=O)O)[C@H]1CC[C@@H]2[C@@H]3C(=O)C[C@H]4CC(=O)CC[C@]4(C)[C@@H]3CC(=O)[C@@]21C. The topological polar surface area (TPSA) is 88.5 Å². The van der Waals surface area contributed by atoms with Crippen LogP contribution in [0.15, 0.2) is 0 Å². The molecule has 1 N–H and O–H groups in total. The van der Waals surface area contributed by atoms with Crippen molar-refractivity contribution in [3.8, 4) is 0 Å². The summed E-state index contributed by atoms with van der Waals surface area (Å²) in [6.45, 7) is 6.37. The average molecular weight is 403 g/mol. The first-order valence-corrected chi connectivity index (χ1v) is 11.4. The van der Waals surface area contributed by atoms with Gasteiger partial charge < -0.3 is 5.11 Å². The summed E-state index contributed by atoms with van der Waals surface area (Å²) in [5.41, 5.74) is -0.598. The minimum Gasteiger partial charge on any atom is -0.481 e. The van der Waals surface area contributed by atoms with E-state index in [0.717, 1.165) is 19.3 Å². The molecule has 160 valence electrons. The summed E-state index contributed by atoms with van der Waals surface area (Å²) >= 11 is 0. The van der Waals surface area contributed by atoms with E-state index in [4.69, 9.17) is 5.11 Å². The van der Waals surface area contributed by atoms with Crippen molar-refractivity contribution in [3.05, 3.63) is 0 Å². The monoisotopic (exact) mass is 402 g/mol. The molecule has 0 aromatic heterocycles. The smallest absolute Gasteiger partial charge is 0.303 e. The summed E-state index contributed by atoms with van der Waals surface area (Å²) in [4.78, 5) is 50.0. The van der Waals surface area contributed by atoms with Gasteiger partial charge in [0.05, 0.1) is 0 Å². The number of Topliss-reactive ketones (excluding diaryl/α,β-unsaturated/α-hetero) is 3. The molecule has 5 heteroatoms. The highest BCUT2D eigenvalue weighted by molar-refractivity contribution is 5.93. The van der Waals surface area contributed by atoms with Gasteiger partial charge in [-0.2, -0.15) is 0 Å². The molecule has 4 fully saturated rings. The second-order valence-electron chi connectivity index (χ2n) is 10.9. The molecule has 4 aliphatic rings. The summed E-state index contributed by atoms with van der Waals surface area (Å²) in [5.74, 6) is 0.524. The molecule has 0 unspecified atom stereocenters. The lowest BCUT2D eigenvalue weighted by atomic mass is 9.44. The Kier molecular flexibility index (Phi) is 5.02. The third kappa shape index (κ3) is 3.02. The van der Waals surface area contributed by atoms with Crippen molar-refractivity contribution in [1.29, 1.82) is 0 Å². The number of carbonyl (C=O) groups is 4. The van der Waals surface area contributed by atoms with Crippen LogP contribution in [0.5, 0.6) is 0 Å². The summed E-state index contributed by atoms with van der Waals surface area (Å²) < 4.78 is 0. The summed E-state index contributed by atoms with van der Waals surface area (Å²) in [6, 6.07) is 0. The zero-order valence-corrected chi connectivity index (χ0v) is 17.9. The van der Waals surface area contributed by atoms with Gasteiger partial charge in [0, 0.05) is 43.4 Å². The van der Waals surface area contributed by atoms with E-state index in [0.29, 0.717) is 32.1 Å². The maximum atomic E-state index is 13.6. The Morgan fingerprint density at radius 2 is 1.83 bits per heavy atom. The Morgan fingerprint density at radius 1 is 1.10 bits per heavy atom. The molecule has 0 spiro atoms. The first-order chi connectivity index (χ1) is 13.6. The standard InChI is InChI=1S/C24H34O5/c1-13(4-7-21(28)29)16-5-6-17-22-18(12-20(27)24(16,17)3)23(2)9-8-15(25)10-14(23)11-19(22)26/h13-14,16-18,22H,4-12H2,1-3H3,(H,28,29)/t13-,14-,16-,17-,18-,22+,23+,24-/m1/s1. The van der Waals surface area contributed by atoms with Gasteiger partial charge in [0.2, 0.25) is 0 Å². The molecule has 4 aliphatic carbocycles. The van der Waals surface area contributed by atoms with Gasteiger partial charge in [0.25, 0.3) is 0 Å². The van der Waals surface area contributed by atoms with Gasteiger partial charge >= 0.3 is 5.97 Å². The van der Waals surface area contributed by atoms with Crippen LogP contribution in [0.2, 0.25) is 0 Å². The molecule has 0 saturated heterocycles. The van der Waals surface area contributed by atoms with E-state index in [1.807, 2.05) is 0 Å². The minimum atomic E-state index is -0.792. The van der Waals surface area contributed by atoms with Gasteiger partial charge in [0.1, 0.15) is 17.3 Å². The van der Waals surface area contributed by atoms with Gasteiger partial charge in [-0.1, -0.05) is 20.8 Å². The van der Waals surface area contributed by atoms with Crippen LogP contribution in [0.1, 0.15) is 78.6 Å². The Bertz CT molecular complexity index is 756. The third-order valence-electron chi connectivity index (χ3n) is 9.72. The number of fused-ring (bicyclic) bond motifs is 5. The molecule has 0 aromatic carbocycles. The number of rotatable bonds is 4. The van der Waals surface area contributed by atoms with Crippen molar-refractivity contribution in [3.63, 3.8) is 0 Å². The van der Waals surface area contributed by atoms with Crippen molar-refractivity contribution in [2.75, 3.05) is 0 Å². The molecule has 4 rings (SSSR count). The molecule has 0 aliphatic heterocycles. The lowest BCUT2D eigenvalue weighted by molar-refractivity contribution is -0.166. The van der Waals surface area contributed by atoms with Crippen LogP contribution in [0.4, 0.5) is 0 Å². The molecule has 0 amide bonds. The number of carbonyl (C=O) groups excluding carboxylic acids is 3. The predicted octanol–water partition coefficient (Wildman–Crippen LogP) is 4.07. The fourth-order valence-electron chi connectivity index (χ4n) is 7.94. The quantitative estimate of drug-likeness (QED) is 0.766. The zero-order valence-electron chi connectivity index (χ0n) is 17.9. The van der Waals surface area contributed by atoms with Crippen molar-refractivity contribution in [2.24, 2.45) is 46.3 Å². The van der Waals surface area contributed by atoms with Crippen LogP contribution in [0.3, 0.4) is 0 Å². The highest BCUT2D eigenvalue weighted by atomic mass is 16.4. The van der Waals surface area contributed by atoms with E-state index in [9.17, 15) is 19.2 Å². The fraction of sp³-hybridized carbons (Fsp3) is 0.833. The number of carboxylic acids is 1. The van der Waals surface area contributed by atoms with E-state index in [1.165, 1.54) is 0 Å². The Hall–Kier alpha value is -1.52. The molecule has 5 nitrogen and oxygen atoms in total. The highest BCUT2D eigenvalue weighted by Gasteiger charge is 2.66. The Balaban J connectivity index is 1.63. The van der Waals surface area contributed by atoms with Crippen LogP contribution in [-0.2, 0) is 19.2 Å². The van der Waals surface area contributed by atoms with Gasteiger partial charge in [-0.05, 0) is 60.7 Å². The van der Waals surface area contributed by atoms with Gasteiger partial charge in [-0.25, -0.2) is 0 Å². The van der Waals surface area contributed by atoms with Gasteiger partial charge in [-0.3, -0.25) is 19.2 Å². The normalized spacial score (nSPS) is 45.3. The maximum absolute atomic E-state index is 13.6. The summed E-state index contributed by atoms with van der Waals surface area (Å²) in [6.07, 6.45) is 5.33. The predicted molar refractivity (Wildman–Crippen MR) is 107 cm³/mol. The van der Waals surface area contributed by atoms with Gasteiger partial charge in [0.15, 0.2) is 0 Å². The fourth-order valence-corrected chi connectivity index (χ4v) is 7.94. The second kappa shape index (κ2) is 7.02. The van der Waals surface area contributed by atoms with Gasteiger partial charge in [-0.15, -0.1) is 0 Å². The molecular weight excluding hydrogens is 368 g/mol. The van der Waals surface area contributed by atoms with Crippen molar-refractivity contribution in [1.82, 2.24) is 0 Å². The summed E-state index contributed by atoms with van der Waals surface area (Å²) in [5, 5.41) is 9.06. The number of hydrogen-bond donors (Lipinski definition) is 1. The second-order valence-corrected chi connectivity index (χ2v) is 10.9. The summed E-state index contributed by atoms with van der Waals surface area (Å²) in [7, 11) is 0. The van der Waals surface area contributed by atoms with E-state index in [2.05, 4.69) is 20.8 Å². The van der Waals surface area contributed by atoms with Crippen LogP contribution < -0.4 is 0 Å².